The molecule has 0 radical (unpaired) electrons. The van der Waals surface area contributed by atoms with Gasteiger partial charge in [-0.05, 0) is 29.7 Å². The quantitative estimate of drug-likeness (QED) is 0.843. The number of carbonyl (C=O) groups is 1. The van der Waals surface area contributed by atoms with Gasteiger partial charge in [-0.2, -0.15) is 0 Å². The van der Waals surface area contributed by atoms with Crippen LogP contribution in [-0.2, 0) is 11.2 Å². The van der Waals surface area contributed by atoms with Crippen molar-refractivity contribution < 1.29 is 4.79 Å². The zero-order valence-corrected chi connectivity index (χ0v) is 11.6. The molecule has 0 saturated carbocycles. The van der Waals surface area contributed by atoms with E-state index in [0.717, 1.165) is 22.3 Å². The van der Waals surface area contributed by atoms with Crippen LogP contribution in [0.2, 0.25) is 0 Å². The molecule has 1 amide bonds. The van der Waals surface area contributed by atoms with Crippen LogP contribution in [-0.4, -0.2) is 29.9 Å². The number of amides is 1. The molecule has 0 aliphatic carbocycles. The third kappa shape index (κ3) is 3.41. The molecule has 3 heteroatoms. The highest BCUT2D eigenvalue weighted by molar-refractivity contribution is 5.78. The van der Waals surface area contributed by atoms with Gasteiger partial charge in [-0.3, -0.25) is 9.78 Å². The Morgan fingerprint density at radius 3 is 2.37 bits per heavy atom. The topological polar surface area (TPSA) is 33.2 Å². The summed E-state index contributed by atoms with van der Waals surface area (Å²) in [5.74, 6) is 0.116. The number of benzene rings is 1. The van der Waals surface area contributed by atoms with Gasteiger partial charge in [-0.25, -0.2) is 0 Å². The highest BCUT2D eigenvalue weighted by Crippen LogP contribution is 2.20. The summed E-state index contributed by atoms with van der Waals surface area (Å²) in [5, 5.41) is 0. The van der Waals surface area contributed by atoms with Gasteiger partial charge >= 0.3 is 0 Å². The van der Waals surface area contributed by atoms with Crippen LogP contribution < -0.4 is 0 Å². The summed E-state index contributed by atoms with van der Waals surface area (Å²) in [7, 11) is 3.55. The summed E-state index contributed by atoms with van der Waals surface area (Å²) in [4.78, 5) is 17.4. The third-order valence-corrected chi connectivity index (χ3v) is 3.02. The van der Waals surface area contributed by atoms with E-state index in [1.807, 2.05) is 43.6 Å². The van der Waals surface area contributed by atoms with Crippen molar-refractivity contribution in [1.29, 1.82) is 0 Å². The zero-order valence-electron chi connectivity index (χ0n) is 11.6. The SMILES string of the molecule is Cc1cncc(-c2ccc(CC(=O)N(C)C)cc2)c1. The Morgan fingerprint density at radius 2 is 1.79 bits per heavy atom. The molecule has 0 saturated heterocycles. The number of aromatic nitrogens is 1. The third-order valence-electron chi connectivity index (χ3n) is 3.02. The average molecular weight is 254 g/mol. The van der Waals surface area contributed by atoms with Crippen molar-refractivity contribution in [3.8, 4) is 11.1 Å². The molecule has 0 aliphatic rings. The lowest BCUT2D eigenvalue weighted by Crippen LogP contribution is -2.23. The lowest BCUT2D eigenvalue weighted by molar-refractivity contribution is -0.127. The van der Waals surface area contributed by atoms with Gasteiger partial charge in [0, 0.05) is 32.1 Å². The van der Waals surface area contributed by atoms with Gasteiger partial charge in [0.2, 0.25) is 5.91 Å². The molecule has 1 aromatic carbocycles. The van der Waals surface area contributed by atoms with Crippen molar-refractivity contribution in [2.24, 2.45) is 0 Å². The number of pyridine rings is 1. The number of nitrogens with zero attached hydrogens (tertiary/aromatic N) is 2. The maximum atomic E-state index is 11.6. The van der Waals surface area contributed by atoms with Crippen molar-refractivity contribution in [1.82, 2.24) is 9.88 Å². The van der Waals surface area contributed by atoms with Crippen LogP contribution in [0.5, 0.6) is 0 Å². The molecule has 0 atom stereocenters. The fraction of sp³-hybridized carbons (Fsp3) is 0.250. The lowest BCUT2D eigenvalue weighted by Gasteiger charge is -2.10. The van der Waals surface area contributed by atoms with Crippen molar-refractivity contribution in [3.05, 3.63) is 53.9 Å². The van der Waals surface area contributed by atoms with E-state index in [1.165, 1.54) is 0 Å². The number of carbonyl (C=O) groups excluding carboxylic acids is 1. The van der Waals surface area contributed by atoms with Crippen molar-refractivity contribution >= 4 is 5.91 Å². The summed E-state index contributed by atoms with van der Waals surface area (Å²) >= 11 is 0. The molecule has 2 aromatic rings. The molecule has 0 spiro atoms. The molecule has 1 heterocycles. The predicted molar refractivity (Wildman–Crippen MR) is 76.8 cm³/mol. The number of hydrogen-bond acceptors (Lipinski definition) is 2. The lowest BCUT2D eigenvalue weighted by atomic mass is 10.0. The van der Waals surface area contributed by atoms with Crippen LogP contribution in [0.4, 0.5) is 0 Å². The molecular weight excluding hydrogens is 236 g/mol. The maximum Gasteiger partial charge on any atom is 0.226 e. The molecular formula is C16H18N2O. The van der Waals surface area contributed by atoms with E-state index in [0.29, 0.717) is 6.42 Å². The first-order valence-corrected chi connectivity index (χ1v) is 6.27. The summed E-state index contributed by atoms with van der Waals surface area (Å²) < 4.78 is 0. The zero-order chi connectivity index (χ0) is 13.8. The summed E-state index contributed by atoms with van der Waals surface area (Å²) in [5.41, 5.74) is 4.40. The van der Waals surface area contributed by atoms with Gasteiger partial charge in [-0.15, -0.1) is 0 Å². The molecule has 3 nitrogen and oxygen atoms in total. The first-order chi connectivity index (χ1) is 9.06. The molecule has 98 valence electrons. The first-order valence-electron chi connectivity index (χ1n) is 6.27. The Morgan fingerprint density at radius 1 is 1.11 bits per heavy atom. The van der Waals surface area contributed by atoms with Gasteiger partial charge in [-0.1, -0.05) is 24.3 Å². The monoisotopic (exact) mass is 254 g/mol. The molecule has 0 bridgehead atoms. The largest absolute Gasteiger partial charge is 0.349 e. The second kappa shape index (κ2) is 5.65. The van der Waals surface area contributed by atoms with E-state index in [2.05, 4.69) is 11.1 Å². The second-order valence-corrected chi connectivity index (χ2v) is 4.91. The first kappa shape index (κ1) is 13.3. The molecule has 19 heavy (non-hydrogen) atoms. The minimum absolute atomic E-state index is 0.116. The molecule has 1 aromatic heterocycles. The van der Waals surface area contributed by atoms with Gasteiger partial charge in [0.1, 0.15) is 0 Å². The van der Waals surface area contributed by atoms with Crippen LogP contribution in [0.15, 0.2) is 42.7 Å². The van der Waals surface area contributed by atoms with Crippen molar-refractivity contribution in [2.75, 3.05) is 14.1 Å². The summed E-state index contributed by atoms with van der Waals surface area (Å²) in [6.07, 6.45) is 4.14. The Balaban J connectivity index is 2.17. The fourth-order valence-corrected chi connectivity index (χ4v) is 1.86. The smallest absolute Gasteiger partial charge is 0.226 e. The van der Waals surface area contributed by atoms with E-state index >= 15 is 0 Å². The van der Waals surface area contributed by atoms with Crippen molar-refractivity contribution in [3.63, 3.8) is 0 Å². The molecule has 0 fully saturated rings. The number of hydrogen-bond donors (Lipinski definition) is 0. The van der Waals surface area contributed by atoms with Gasteiger partial charge < -0.3 is 4.90 Å². The van der Waals surface area contributed by atoms with E-state index in [9.17, 15) is 4.79 Å². The van der Waals surface area contributed by atoms with Crippen LogP contribution in [0.25, 0.3) is 11.1 Å². The highest BCUT2D eigenvalue weighted by Gasteiger charge is 2.05. The van der Waals surface area contributed by atoms with Crippen molar-refractivity contribution in [2.45, 2.75) is 13.3 Å². The Hall–Kier alpha value is -2.16. The van der Waals surface area contributed by atoms with Gasteiger partial charge in [0.05, 0.1) is 6.42 Å². The summed E-state index contributed by atoms with van der Waals surface area (Å²) in [6, 6.07) is 10.2. The maximum absolute atomic E-state index is 11.6. The highest BCUT2D eigenvalue weighted by atomic mass is 16.2. The predicted octanol–water partition coefficient (Wildman–Crippen LogP) is 2.69. The fourth-order valence-electron chi connectivity index (χ4n) is 1.86. The molecule has 2 rings (SSSR count). The normalized spacial score (nSPS) is 10.3. The second-order valence-electron chi connectivity index (χ2n) is 4.91. The van der Waals surface area contributed by atoms with E-state index < -0.39 is 0 Å². The van der Waals surface area contributed by atoms with Crippen LogP contribution >= 0.6 is 0 Å². The standard InChI is InChI=1S/C16H18N2O/c1-12-8-15(11-17-10-12)14-6-4-13(5-7-14)9-16(19)18(2)3/h4-8,10-11H,9H2,1-3H3. The minimum Gasteiger partial charge on any atom is -0.349 e. The van der Waals surface area contributed by atoms with E-state index in [-0.39, 0.29) is 5.91 Å². The summed E-state index contributed by atoms with van der Waals surface area (Å²) in [6.45, 7) is 2.03. The van der Waals surface area contributed by atoms with E-state index in [4.69, 9.17) is 0 Å². The number of likely N-dealkylation sites (N-methyl/N-ethyl adjacent to an activating group) is 1. The molecule has 0 aliphatic heterocycles. The molecule has 0 N–H and O–H groups in total. The van der Waals surface area contributed by atoms with Crippen LogP contribution in [0.3, 0.4) is 0 Å². The van der Waals surface area contributed by atoms with Gasteiger partial charge in [0.15, 0.2) is 0 Å². The molecule has 0 unspecified atom stereocenters. The van der Waals surface area contributed by atoms with Gasteiger partial charge in [0.25, 0.3) is 0 Å². The minimum atomic E-state index is 0.116. The van der Waals surface area contributed by atoms with Crippen LogP contribution in [0, 0.1) is 6.92 Å². The van der Waals surface area contributed by atoms with Crippen LogP contribution in [0.1, 0.15) is 11.1 Å². The number of rotatable bonds is 3. The average Bonchev–Trinajstić information content (AvgIpc) is 2.39. The van der Waals surface area contributed by atoms with E-state index in [1.54, 1.807) is 19.0 Å². The Bertz CT molecular complexity index is 574. The number of aryl methyl sites for hydroxylation is 1. The Labute approximate surface area is 113 Å². The Kier molecular flexibility index (Phi) is 3.95.